The molecule has 1 atom stereocenters. The van der Waals surface area contributed by atoms with E-state index in [0.717, 1.165) is 55.5 Å². The first-order valence-corrected chi connectivity index (χ1v) is 15.5. The van der Waals surface area contributed by atoms with Gasteiger partial charge in [-0.05, 0) is 84.7 Å². The van der Waals surface area contributed by atoms with Crippen LogP contribution in [0, 0.1) is 0 Å². The fourth-order valence-corrected chi connectivity index (χ4v) is 5.74. The van der Waals surface area contributed by atoms with Crippen LogP contribution in [0.25, 0.3) is 5.57 Å². The van der Waals surface area contributed by atoms with Gasteiger partial charge in [-0.1, -0.05) is 45.6 Å². The number of amides is 1. The standard InChI is InChI=1S/C30H49N5O3.C2H6/c1-6-7-8-13-30(4,34-14-9-10-15-34)22-32-29(37)27(23(2)3)18-24(19-31-5)28-25(21-36)20-33-35(28)26-11-16-38-17-12-26;1-2/h18,20-21,26,31H,6-17,19,22H2,1-5H3,(H,32,37);1-2H3/b24-18+;. The summed E-state index contributed by atoms with van der Waals surface area (Å²) in [6.07, 6.45) is 13.3. The predicted molar refractivity (Wildman–Crippen MR) is 165 cm³/mol. The molecule has 2 aliphatic rings. The molecule has 2 saturated heterocycles. The number of nitrogens with zero attached hydrogens (tertiary/aromatic N) is 3. The molecule has 1 amide bonds. The second-order valence-corrected chi connectivity index (χ2v) is 11.3. The normalized spacial score (nSPS) is 18.0. The smallest absolute Gasteiger partial charge is 0.251 e. The number of unbranched alkanes of at least 4 members (excludes halogenated alkanes) is 2. The van der Waals surface area contributed by atoms with Gasteiger partial charge in [0.25, 0.3) is 5.91 Å². The first-order chi connectivity index (χ1) is 19.3. The number of nitrogens with one attached hydrogen (secondary N) is 2. The van der Waals surface area contributed by atoms with E-state index in [1.807, 2.05) is 45.5 Å². The topological polar surface area (TPSA) is 88.5 Å². The number of hydrogen-bond donors (Lipinski definition) is 2. The van der Waals surface area contributed by atoms with Crippen LogP contribution in [0.1, 0.15) is 115 Å². The van der Waals surface area contributed by atoms with E-state index in [2.05, 4.69) is 34.5 Å². The van der Waals surface area contributed by atoms with Crippen LogP contribution < -0.4 is 10.6 Å². The SMILES string of the molecule is CC.CCCCCC(C)(CNC(=O)C(/C=C(\CNC)c1c(C=O)cnn1C1CCOCC1)=C(C)C)N1CCCC1. The molecule has 8 nitrogen and oxygen atoms in total. The molecule has 2 N–H and O–H groups in total. The van der Waals surface area contributed by atoms with E-state index in [1.165, 1.54) is 32.1 Å². The summed E-state index contributed by atoms with van der Waals surface area (Å²) in [5.74, 6) is -0.0655. The van der Waals surface area contributed by atoms with E-state index >= 15 is 0 Å². The van der Waals surface area contributed by atoms with Crippen LogP contribution in [0.2, 0.25) is 0 Å². The lowest BCUT2D eigenvalue weighted by Crippen LogP contribution is -2.52. The third-order valence-corrected chi connectivity index (χ3v) is 8.08. The zero-order valence-electron chi connectivity index (χ0n) is 26.3. The number of carbonyl (C=O) groups excluding carboxylic acids is 2. The van der Waals surface area contributed by atoms with Crippen LogP contribution in [0.15, 0.2) is 23.4 Å². The highest BCUT2D eigenvalue weighted by Crippen LogP contribution is 2.29. The van der Waals surface area contributed by atoms with E-state index < -0.39 is 0 Å². The van der Waals surface area contributed by atoms with Crippen LogP contribution in [-0.2, 0) is 9.53 Å². The van der Waals surface area contributed by atoms with Crippen molar-refractivity contribution in [2.45, 2.75) is 104 Å². The van der Waals surface area contributed by atoms with Crippen molar-refractivity contribution in [2.24, 2.45) is 0 Å². The Morgan fingerprint density at radius 1 is 1.18 bits per heavy atom. The summed E-state index contributed by atoms with van der Waals surface area (Å²) in [5.41, 5.74) is 3.75. The van der Waals surface area contributed by atoms with Crippen LogP contribution in [0.5, 0.6) is 0 Å². The Labute approximate surface area is 243 Å². The van der Waals surface area contributed by atoms with Gasteiger partial charge in [0.2, 0.25) is 0 Å². The summed E-state index contributed by atoms with van der Waals surface area (Å²) < 4.78 is 7.52. The van der Waals surface area contributed by atoms with Crippen molar-refractivity contribution in [3.05, 3.63) is 34.7 Å². The highest BCUT2D eigenvalue weighted by atomic mass is 16.5. The highest BCUT2D eigenvalue weighted by Gasteiger charge is 2.34. The van der Waals surface area contributed by atoms with Gasteiger partial charge < -0.3 is 15.4 Å². The van der Waals surface area contributed by atoms with Crippen LogP contribution in [-0.4, -0.2) is 78.9 Å². The number of ether oxygens (including phenoxy) is 1. The van der Waals surface area contributed by atoms with Crippen molar-refractivity contribution in [1.29, 1.82) is 0 Å². The van der Waals surface area contributed by atoms with Gasteiger partial charge in [0.1, 0.15) is 0 Å². The molecule has 0 saturated carbocycles. The van der Waals surface area contributed by atoms with Gasteiger partial charge in [0.05, 0.1) is 23.5 Å². The van der Waals surface area contributed by atoms with E-state index in [4.69, 9.17) is 4.74 Å². The Balaban J connectivity index is 0.00000274. The van der Waals surface area contributed by atoms with Crippen LogP contribution >= 0.6 is 0 Å². The van der Waals surface area contributed by atoms with E-state index in [0.29, 0.717) is 37.4 Å². The van der Waals surface area contributed by atoms with Gasteiger partial charge >= 0.3 is 0 Å². The second kappa shape index (κ2) is 17.5. The van der Waals surface area contributed by atoms with Crippen LogP contribution in [0.3, 0.4) is 0 Å². The molecule has 3 heterocycles. The van der Waals surface area contributed by atoms with Crippen molar-refractivity contribution in [3.63, 3.8) is 0 Å². The van der Waals surface area contributed by atoms with Gasteiger partial charge in [0.15, 0.2) is 6.29 Å². The van der Waals surface area contributed by atoms with Crippen molar-refractivity contribution in [2.75, 3.05) is 46.4 Å². The molecule has 40 heavy (non-hydrogen) atoms. The molecule has 1 aromatic rings. The first-order valence-electron chi connectivity index (χ1n) is 15.5. The summed E-state index contributed by atoms with van der Waals surface area (Å²) in [4.78, 5) is 28.2. The molecule has 2 fully saturated rings. The van der Waals surface area contributed by atoms with Gasteiger partial charge in [-0.2, -0.15) is 5.10 Å². The van der Waals surface area contributed by atoms with E-state index in [9.17, 15) is 9.59 Å². The third-order valence-electron chi connectivity index (χ3n) is 8.08. The summed E-state index contributed by atoms with van der Waals surface area (Å²) >= 11 is 0. The van der Waals surface area contributed by atoms with Gasteiger partial charge in [-0.3, -0.25) is 19.2 Å². The van der Waals surface area contributed by atoms with Gasteiger partial charge in [-0.25, -0.2) is 0 Å². The van der Waals surface area contributed by atoms with Crippen molar-refractivity contribution in [1.82, 2.24) is 25.3 Å². The molecule has 2 aliphatic heterocycles. The highest BCUT2D eigenvalue weighted by molar-refractivity contribution is 5.99. The number of aromatic nitrogens is 2. The molecular weight excluding hydrogens is 502 g/mol. The Bertz CT molecular complexity index is 983. The fourth-order valence-electron chi connectivity index (χ4n) is 5.74. The number of aldehydes is 1. The zero-order chi connectivity index (χ0) is 29.5. The van der Waals surface area contributed by atoms with Crippen molar-refractivity contribution >= 4 is 17.8 Å². The number of rotatable bonds is 14. The molecule has 1 unspecified atom stereocenters. The maximum Gasteiger partial charge on any atom is 0.251 e. The minimum Gasteiger partial charge on any atom is -0.381 e. The number of carbonyl (C=O) groups is 2. The molecule has 8 heteroatoms. The quantitative estimate of drug-likeness (QED) is 0.135. The number of likely N-dealkylation sites (tertiary alicyclic amines) is 1. The lowest BCUT2D eigenvalue weighted by atomic mass is 9.92. The number of allylic oxidation sites excluding steroid dienone is 1. The van der Waals surface area contributed by atoms with Crippen molar-refractivity contribution in [3.8, 4) is 0 Å². The molecule has 0 spiro atoms. The average molecular weight is 558 g/mol. The maximum absolute atomic E-state index is 13.7. The Hall–Kier alpha value is -2.29. The van der Waals surface area contributed by atoms with Crippen LogP contribution in [0.4, 0.5) is 0 Å². The average Bonchev–Trinajstić information content (AvgIpc) is 3.67. The summed E-state index contributed by atoms with van der Waals surface area (Å²) in [5, 5.41) is 11.1. The molecule has 0 aliphatic carbocycles. The largest absolute Gasteiger partial charge is 0.381 e. The maximum atomic E-state index is 13.7. The first kappa shape index (κ1) is 33.9. The zero-order valence-corrected chi connectivity index (χ0v) is 26.3. The van der Waals surface area contributed by atoms with E-state index in [1.54, 1.807) is 6.20 Å². The second-order valence-electron chi connectivity index (χ2n) is 11.3. The minimum absolute atomic E-state index is 0.0437. The van der Waals surface area contributed by atoms with Crippen molar-refractivity contribution < 1.29 is 14.3 Å². The third kappa shape index (κ3) is 9.11. The minimum atomic E-state index is -0.0655. The molecule has 226 valence electrons. The molecule has 0 bridgehead atoms. The molecule has 3 rings (SSSR count). The number of likely N-dealkylation sites (N-methyl/N-ethyl adjacent to an activating group) is 1. The van der Waals surface area contributed by atoms with E-state index in [-0.39, 0.29) is 17.5 Å². The monoisotopic (exact) mass is 557 g/mol. The summed E-state index contributed by atoms with van der Waals surface area (Å²) in [6.45, 7) is 17.2. The Kier molecular flexibility index (Phi) is 14.8. The molecule has 0 aromatic carbocycles. The van der Waals surface area contributed by atoms with Gasteiger partial charge in [0, 0.05) is 37.4 Å². The predicted octanol–water partition coefficient (Wildman–Crippen LogP) is 5.56. The van der Waals surface area contributed by atoms with Gasteiger partial charge in [-0.15, -0.1) is 0 Å². The lowest BCUT2D eigenvalue weighted by Gasteiger charge is -2.39. The summed E-state index contributed by atoms with van der Waals surface area (Å²) in [6, 6.07) is 0.168. The molecule has 1 aromatic heterocycles. The Morgan fingerprint density at radius 3 is 2.42 bits per heavy atom. The Morgan fingerprint density at radius 2 is 1.85 bits per heavy atom. The molecule has 0 radical (unpaired) electrons. The lowest BCUT2D eigenvalue weighted by molar-refractivity contribution is -0.117. The fraction of sp³-hybridized carbons (Fsp3) is 0.719. The number of hydrogen-bond acceptors (Lipinski definition) is 6. The molecular formula is C32H55N5O3. The summed E-state index contributed by atoms with van der Waals surface area (Å²) in [7, 11) is 1.88.